The standard InChI is InChI=1S/C9H5Cl4N3/c10-4-1-2-14-5(7(4)11)3-6-15-8(12)9(13)16-6/h1-3,15-16H. The summed E-state index contributed by atoms with van der Waals surface area (Å²) in [5, 5.41) is 7.10. The molecule has 0 atom stereocenters. The summed E-state index contributed by atoms with van der Waals surface area (Å²) in [4.78, 5) is 4.08. The van der Waals surface area contributed by atoms with Crippen LogP contribution in [0.2, 0.25) is 10.0 Å². The predicted molar refractivity (Wildman–Crippen MR) is 67.2 cm³/mol. The van der Waals surface area contributed by atoms with E-state index in [4.69, 9.17) is 46.4 Å². The highest BCUT2D eigenvalue weighted by Crippen LogP contribution is 2.26. The van der Waals surface area contributed by atoms with E-state index in [0.29, 0.717) is 31.9 Å². The van der Waals surface area contributed by atoms with Crippen LogP contribution >= 0.6 is 46.4 Å². The fraction of sp³-hybridized carbons (Fsp3) is 0. The lowest BCUT2D eigenvalue weighted by Gasteiger charge is -2.03. The van der Waals surface area contributed by atoms with E-state index in [0.717, 1.165) is 0 Å². The van der Waals surface area contributed by atoms with Gasteiger partial charge in [0.2, 0.25) is 0 Å². The van der Waals surface area contributed by atoms with Crippen LogP contribution < -0.4 is 10.6 Å². The molecule has 16 heavy (non-hydrogen) atoms. The number of aromatic nitrogens is 1. The Morgan fingerprint density at radius 3 is 2.31 bits per heavy atom. The third kappa shape index (κ3) is 2.38. The summed E-state index contributed by atoms with van der Waals surface area (Å²) in [6.45, 7) is 0. The van der Waals surface area contributed by atoms with E-state index in [-0.39, 0.29) is 0 Å². The normalized spacial score (nSPS) is 14.9. The van der Waals surface area contributed by atoms with Crippen LogP contribution in [0.3, 0.4) is 0 Å². The highest BCUT2D eigenvalue weighted by molar-refractivity contribution is 6.42. The molecule has 3 nitrogen and oxygen atoms in total. The van der Waals surface area contributed by atoms with Gasteiger partial charge in [0.25, 0.3) is 0 Å². The van der Waals surface area contributed by atoms with Crippen LogP contribution in [0.25, 0.3) is 6.08 Å². The number of hydrogen-bond donors (Lipinski definition) is 2. The predicted octanol–water partition coefficient (Wildman–Crippen LogP) is 3.48. The molecule has 0 saturated carbocycles. The molecule has 0 bridgehead atoms. The Labute approximate surface area is 112 Å². The average molecular weight is 297 g/mol. The smallest absolute Gasteiger partial charge is 0.143 e. The molecule has 7 heteroatoms. The maximum Gasteiger partial charge on any atom is 0.143 e. The first-order chi connectivity index (χ1) is 7.58. The molecule has 0 fully saturated rings. The summed E-state index contributed by atoms with van der Waals surface area (Å²) in [5.74, 6) is 0.590. The molecule has 0 radical (unpaired) electrons. The number of hydrogen-bond acceptors (Lipinski definition) is 3. The van der Waals surface area contributed by atoms with Crippen molar-refractivity contribution in [1.29, 1.82) is 0 Å². The molecule has 1 aliphatic heterocycles. The topological polar surface area (TPSA) is 37.0 Å². The molecule has 0 aromatic carbocycles. The maximum atomic E-state index is 5.97. The van der Waals surface area contributed by atoms with E-state index in [9.17, 15) is 0 Å². The van der Waals surface area contributed by atoms with Crippen molar-refractivity contribution < 1.29 is 0 Å². The first kappa shape index (κ1) is 11.9. The monoisotopic (exact) mass is 295 g/mol. The van der Waals surface area contributed by atoms with Gasteiger partial charge in [-0.3, -0.25) is 4.98 Å². The largest absolute Gasteiger partial charge is 0.330 e. The second kappa shape index (κ2) is 4.72. The second-order valence-electron chi connectivity index (χ2n) is 2.93. The van der Waals surface area contributed by atoms with Gasteiger partial charge in [0.15, 0.2) is 0 Å². The molecule has 0 saturated heterocycles. The third-order valence-electron chi connectivity index (χ3n) is 1.83. The van der Waals surface area contributed by atoms with E-state index in [1.807, 2.05) is 0 Å². The molecule has 2 heterocycles. The quantitative estimate of drug-likeness (QED) is 0.779. The molecular weight excluding hydrogens is 292 g/mol. The van der Waals surface area contributed by atoms with E-state index >= 15 is 0 Å². The zero-order chi connectivity index (χ0) is 11.7. The van der Waals surface area contributed by atoms with Crippen molar-refractivity contribution in [3.63, 3.8) is 0 Å². The van der Waals surface area contributed by atoms with Crippen LogP contribution in [0.5, 0.6) is 0 Å². The fourth-order valence-corrected chi connectivity index (χ4v) is 1.74. The van der Waals surface area contributed by atoms with E-state index in [1.165, 1.54) is 0 Å². The van der Waals surface area contributed by atoms with Gasteiger partial charge < -0.3 is 10.6 Å². The fourth-order valence-electron chi connectivity index (χ4n) is 1.12. The van der Waals surface area contributed by atoms with Crippen molar-refractivity contribution in [2.75, 3.05) is 0 Å². The minimum atomic E-state index is 0.325. The molecule has 1 aliphatic rings. The van der Waals surface area contributed by atoms with Crippen molar-refractivity contribution in [3.8, 4) is 0 Å². The molecule has 0 aliphatic carbocycles. The highest BCUT2D eigenvalue weighted by Gasteiger charge is 2.14. The molecule has 84 valence electrons. The Morgan fingerprint density at radius 2 is 1.69 bits per heavy atom. The van der Waals surface area contributed by atoms with Gasteiger partial charge in [-0.15, -0.1) is 0 Å². The minimum Gasteiger partial charge on any atom is -0.330 e. The van der Waals surface area contributed by atoms with Crippen LogP contribution in [0, 0.1) is 0 Å². The van der Waals surface area contributed by atoms with Crippen LogP contribution in [-0.4, -0.2) is 4.98 Å². The molecule has 0 unspecified atom stereocenters. The second-order valence-corrected chi connectivity index (χ2v) is 4.47. The zero-order valence-corrected chi connectivity index (χ0v) is 10.7. The Morgan fingerprint density at radius 1 is 1.06 bits per heavy atom. The lowest BCUT2D eigenvalue weighted by atomic mass is 10.3. The average Bonchev–Trinajstić information content (AvgIpc) is 2.54. The van der Waals surface area contributed by atoms with E-state index in [1.54, 1.807) is 18.3 Å². The van der Waals surface area contributed by atoms with Crippen molar-refractivity contribution in [1.82, 2.24) is 15.6 Å². The van der Waals surface area contributed by atoms with Crippen molar-refractivity contribution in [2.24, 2.45) is 0 Å². The summed E-state index contributed by atoms with van der Waals surface area (Å²) in [5.41, 5.74) is 0.528. The summed E-state index contributed by atoms with van der Waals surface area (Å²) >= 11 is 23.3. The van der Waals surface area contributed by atoms with Gasteiger partial charge in [-0.25, -0.2) is 0 Å². The van der Waals surface area contributed by atoms with Gasteiger partial charge in [0.05, 0.1) is 15.7 Å². The van der Waals surface area contributed by atoms with Crippen molar-refractivity contribution in [2.45, 2.75) is 0 Å². The number of rotatable bonds is 1. The molecule has 0 spiro atoms. The lowest BCUT2D eigenvalue weighted by Crippen LogP contribution is -2.11. The first-order valence-corrected chi connectivity index (χ1v) is 5.70. The Hall–Kier alpha value is -0.610. The van der Waals surface area contributed by atoms with Crippen LogP contribution in [0.15, 0.2) is 28.4 Å². The summed E-state index contributed by atoms with van der Waals surface area (Å²) in [6, 6.07) is 1.61. The Kier molecular flexibility index (Phi) is 3.50. The third-order valence-corrected chi connectivity index (χ3v) is 3.30. The van der Waals surface area contributed by atoms with Crippen LogP contribution in [0.1, 0.15) is 5.69 Å². The van der Waals surface area contributed by atoms with Crippen LogP contribution in [0.4, 0.5) is 0 Å². The van der Waals surface area contributed by atoms with Gasteiger partial charge in [-0.05, 0) is 6.07 Å². The van der Waals surface area contributed by atoms with E-state index < -0.39 is 0 Å². The number of pyridine rings is 1. The molecule has 1 aromatic heterocycles. The Bertz CT molecular complexity index is 480. The lowest BCUT2D eigenvalue weighted by molar-refractivity contribution is 0.987. The van der Waals surface area contributed by atoms with Gasteiger partial charge in [0, 0.05) is 12.3 Å². The van der Waals surface area contributed by atoms with Crippen LogP contribution in [-0.2, 0) is 0 Å². The molecule has 2 rings (SSSR count). The van der Waals surface area contributed by atoms with Gasteiger partial charge in [0.1, 0.15) is 16.1 Å². The van der Waals surface area contributed by atoms with Crippen molar-refractivity contribution >= 4 is 52.5 Å². The molecular formula is C9H5Cl4N3. The minimum absolute atomic E-state index is 0.325. The van der Waals surface area contributed by atoms with Gasteiger partial charge in [-0.1, -0.05) is 46.4 Å². The summed E-state index contributed by atoms with van der Waals surface area (Å²) in [7, 11) is 0. The Balaban J connectivity index is 2.29. The molecule has 1 aromatic rings. The molecule has 2 N–H and O–H groups in total. The summed E-state index contributed by atoms with van der Waals surface area (Å²) < 4.78 is 0. The first-order valence-electron chi connectivity index (χ1n) is 4.19. The zero-order valence-electron chi connectivity index (χ0n) is 7.69. The number of nitrogens with one attached hydrogen (secondary N) is 2. The molecule has 0 amide bonds. The SMILES string of the molecule is ClC1=C(Cl)NC(=Cc2nccc(Cl)c2Cl)N1. The van der Waals surface area contributed by atoms with E-state index in [2.05, 4.69) is 15.6 Å². The number of nitrogens with zero attached hydrogens (tertiary/aromatic N) is 1. The maximum absolute atomic E-state index is 5.97. The van der Waals surface area contributed by atoms with Gasteiger partial charge in [-0.2, -0.15) is 0 Å². The highest BCUT2D eigenvalue weighted by atomic mass is 35.5. The number of halogens is 4. The summed E-state index contributed by atoms with van der Waals surface area (Å²) in [6.07, 6.45) is 3.22. The van der Waals surface area contributed by atoms with Gasteiger partial charge >= 0.3 is 0 Å². The van der Waals surface area contributed by atoms with Crippen molar-refractivity contribution in [3.05, 3.63) is 44.1 Å².